The van der Waals surface area contributed by atoms with Crippen molar-refractivity contribution in [3.8, 4) is 5.75 Å². The summed E-state index contributed by atoms with van der Waals surface area (Å²) >= 11 is 0. The van der Waals surface area contributed by atoms with Gasteiger partial charge in [-0.05, 0) is 35.9 Å². The summed E-state index contributed by atoms with van der Waals surface area (Å²) in [6, 6.07) is 9.37. The van der Waals surface area contributed by atoms with Crippen molar-refractivity contribution in [2.45, 2.75) is 6.54 Å². The second-order valence-corrected chi connectivity index (χ2v) is 5.06. The lowest BCUT2D eigenvalue weighted by Crippen LogP contribution is -2.53. The second kappa shape index (κ2) is 6.41. The summed E-state index contributed by atoms with van der Waals surface area (Å²) in [5.74, 6) is -0.296. The minimum absolute atomic E-state index is 0.0507. The van der Waals surface area contributed by atoms with Crippen molar-refractivity contribution in [1.29, 1.82) is 0 Å². The molecule has 1 N–H and O–H groups in total. The standard InChI is InChI=1S/C17H14N2O5/c1-23-12-6-4-11(5-7-12)9-14-15(20)18-17(22)19(16(14)21)10-13-3-2-8-24-13/h2-9H,10H2,1H3,(H,18,20,22). The number of imide groups is 2. The molecule has 1 aliphatic heterocycles. The van der Waals surface area contributed by atoms with Crippen LogP contribution in [0.1, 0.15) is 11.3 Å². The van der Waals surface area contributed by atoms with Gasteiger partial charge in [0.15, 0.2) is 0 Å². The summed E-state index contributed by atoms with van der Waals surface area (Å²) in [6.45, 7) is -0.0507. The molecule has 4 amide bonds. The number of hydrogen-bond acceptors (Lipinski definition) is 5. The number of rotatable bonds is 4. The topological polar surface area (TPSA) is 88.8 Å². The Kier molecular flexibility index (Phi) is 4.15. The van der Waals surface area contributed by atoms with E-state index in [-0.39, 0.29) is 12.1 Å². The van der Waals surface area contributed by atoms with E-state index in [4.69, 9.17) is 9.15 Å². The Hall–Kier alpha value is -3.35. The van der Waals surface area contributed by atoms with Crippen LogP contribution in [0.2, 0.25) is 0 Å². The van der Waals surface area contributed by atoms with Gasteiger partial charge in [0.1, 0.15) is 17.1 Å². The fraction of sp³-hybridized carbons (Fsp3) is 0.118. The molecule has 0 aliphatic carbocycles. The first-order valence-electron chi connectivity index (χ1n) is 7.14. The van der Waals surface area contributed by atoms with Gasteiger partial charge in [0, 0.05) is 0 Å². The van der Waals surface area contributed by atoms with Crippen LogP contribution in [0.4, 0.5) is 4.79 Å². The van der Waals surface area contributed by atoms with E-state index in [0.717, 1.165) is 4.90 Å². The molecular weight excluding hydrogens is 312 g/mol. The number of carbonyl (C=O) groups excluding carboxylic acids is 3. The third-order valence-corrected chi connectivity index (χ3v) is 3.51. The van der Waals surface area contributed by atoms with E-state index in [1.54, 1.807) is 43.5 Å². The van der Waals surface area contributed by atoms with Gasteiger partial charge in [-0.1, -0.05) is 12.1 Å². The van der Waals surface area contributed by atoms with Crippen LogP contribution in [0.25, 0.3) is 6.08 Å². The number of nitrogens with zero attached hydrogens (tertiary/aromatic N) is 1. The number of furan rings is 1. The fourth-order valence-corrected chi connectivity index (χ4v) is 2.26. The average molecular weight is 326 g/mol. The summed E-state index contributed by atoms with van der Waals surface area (Å²) in [5.41, 5.74) is 0.521. The number of ether oxygens (including phenoxy) is 1. The summed E-state index contributed by atoms with van der Waals surface area (Å²) in [4.78, 5) is 37.3. The predicted molar refractivity (Wildman–Crippen MR) is 83.8 cm³/mol. The summed E-state index contributed by atoms with van der Waals surface area (Å²) < 4.78 is 10.2. The number of hydrogen-bond donors (Lipinski definition) is 1. The van der Waals surface area contributed by atoms with Crippen molar-refractivity contribution in [2.75, 3.05) is 7.11 Å². The third kappa shape index (κ3) is 3.05. The molecule has 122 valence electrons. The first-order valence-corrected chi connectivity index (χ1v) is 7.14. The predicted octanol–water partition coefficient (Wildman–Crippen LogP) is 1.95. The largest absolute Gasteiger partial charge is 0.497 e. The Balaban J connectivity index is 1.88. The van der Waals surface area contributed by atoms with E-state index in [1.165, 1.54) is 12.3 Å². The Labute approximate surface area is 137 Å². The molecule has 3 rings (SSSR count). The summed E-state index contributed by atoms with van der Waals surface area (Å²) in [7, 11) is 1.55. The van der Waals surface area contributed by atoms with E-state index in [1.807, 2.05) is 0 Å². The van der Waals surface area contributed by atoms with Gasteiger partial charge in [0.2, 0.25) is 0 Å². The van der Waals surface area contributed by atoms with E-state index in [9.17, 15) is 14.4 Å². The first-order chi connectivity index (χ1) is 11.6. The van der Waals surface area contributed by atoms with Crippen molar-refractivity contribution in [2.24, 2.45) is 0 Å². The van der Waals surface area contributed by atoms with Gasteiger partial charge in [-0.3, -0.25) is 19.8 Å². The quantitative estimate of drug-likeness (QED) is 0.685. The lowest BCUT2D eigenvalue weighted by molar-refractivity contribution is -0.130. The normalized spacial score (nSPS) is 16.5. The van der Waals surface area contributed by atoms with Crippen LogP contribution in [0.3, 0.4) is 0 Å². The number of methoxy groups -OCH3 is 1. The highest BCUT2D eigenvalue weighted by Crippen LogP contribution is 2.18. The van der Waals surface area contributed by atoms with Crippen LogP contribution < -0.4 is 10.1 Å². The summed E-state index contributed by atoms with van der Waals surface area (Å²) in [6.07, 6.45) is 2.87. The number of carbonyl (C=O) groups is 3. The number of barbiturate groups is 1. The molecule has 1 aliphatic rings. The van der Waals surface area contributed by atoms with E-state index in [0.29, 0.717) is 17.1 Å². The molecule has 0 spiro atoms. The number of amides is 4. The highest BCUT2D eigenvalue weighted by atomic mass is 16.5. The van der Waals surface area contributed by atoms with Crippen molar-refractivity contribution < 1.29 is 23.5 Å². The zero-order valence-corrected chi connectivity index (χ0v) is 12.8. The Morgan fingerprint density at radius 2 is 1.92 bits per heavy atom. The van der Waals surface area contributed by atoms with Crippen LogP contribution in [0, 0.1) is 0 Å². The Morgan fingerprint density at radius 1 is 1.17 bits per heavy atom. The average Bonchev–Trinajstić information content (AvgIpc) is 3.09. The highest BCUT2D eigenvalue weighted by molar-refractivity contribution is 6.30. The molecule has 7 nitrogen and oxygen atoms in total. The molecule has 0 saturated carbocycles. The summed E-state index contributed by atoms with van der Waals surface area (Å²) in [5, 5.41) is 2.16. The molecule has 0 bridgehead atoms. The number of urea groups is 1. The smallest absolute Gasteiger partial charge is 0.331 e. The van der Waals surface area contributed by atoms with Crippen LogP contribution in [0.15, 0.2) is 52.7 Å². The molecule has 1 aromatic heterocycles. The van der Waals surface area contributed by atoms with Crippen molar-refractivity contribution in [3.63, 3.8) is 0 Å². The minimum atomic E-state index is -0.770. The second-order valence-electron chi connectivity index (χ2n) is 5.06. The monoisotopic (exact) mass is 326 g/mol. The Bertz CT molecular complexity index is 806. The maximum absolute atomic E-state index is 12.5. The molecule has 2 heterocycles. The van der Waals surface area contributed by atoms with Gasteiger partial charge >= 0.3 is 6.03 Å². The zero-order chi connectivity index (χ0) is 17.1. The molecule has 7 heteroatoms. The molecular formula is C17H14N2O5. The van der Waals surface area contributed by atoms with E-state index < -0.39 is 17.8 Å². The van der Waals surface area contributed by atoms with Crippen LogP contribution in [0.5, 0.6) is 5.75 Å². The van der Waals surface area contributed by atoms with Crippen LogP contribution >= 0.6 is 0 Å². The molecule has 1 aromatic carbocycles. The van der Waals surface area contributed by atoms with Gasteiger partial charge in [-0.15, -0.1) is 0 Å². The number of nitrogens with one attached hydrogen (secondary N) is 1. The molecule has 0 radical (unpaired) electrons. The SMILES string of the molecule is COc1ccc(C=C2C(=O)NC(=O)N(Cc3ccco3)C2=O)cc1. The maximum Gasteiger partial charge on any atom is 0.331 e. The van der Waals surface area contributed by atoms with Crippen LogP contribution in [-0.4, -0.2) is 29.9 Å². The molecule has 1 saturated heterocycles. The maximum atomic E-state index is 12.5. The van der Waals surface area contributed by atoms with Crippen molar-refractivity contribution in [3.05, 3.63) is 59.6 Å². The lowest BCUT2D eigenvalue weighted by atomic mass is 10.1. The number of benzene rings is 1. The Morgan fingerprint density at radius 3 is 2.54 bits per heavy atom. The fourth-order valence-electron chi connectivity index (χ4n) is 2.26. The minimum Gasteiger partial charge on any atom is -0.497 e. The third-order valence-electron chi connectivity index (χ3n) is 3.51. The molecule has 0 unspecified atom stereocenters. The first kappa shape index (κ1) is 15.5. The van der Waals surface area contributed by atoms with Gasteiger partial charge in [-0.25, -0.2) is 4.79 Å². The van der Waals surface area contributed by atoms with Crippen molar-refractivity contribution in [1.82, 2.24) is 10.2 Å². The molecule has 0 atom stereocenters. The molecule has 24 heavy (non-hydrogen) atoms. The van der Waals surface area contributed by atoms with Gasteiger partial charge in [-0.2, -0.15) is 0 Å². The zero-order valence-electron chi connectivity index (χ0n) is 12.8. The van der Waals surface area contributed by atoms with E-state index >= 15 is 0 Å². The van der Waals surface area contributed by atoms with Crippen molar-refractivity contribution >= 4 is 23.9 Å². The molecule has 2 aromatic rings. The highest BCUT2D eigenvalue weighted by Gasteiger charge is 2.36. The van der Waals surface area contributed by atoms with Gasteiger partial charge < -0.3 is 9.15 Å². The van der Waals surface area contributed by atoms with E-state index in [2.05, 4.69) is 5.32 Å². The van der Waals surface area contributed by atoms with Gasteiger partial charge in [0.05, 0.1) is 19.9 Å². The van der Waals surface area contributed by atoms with Crippen LogP contribution in [-0.2, 0) is 16.1 Å². The van der Waals surface area contributed by atoms with Gasteiger partial charge in [0.25, 0.3) is 11.8 Å². The molecule has 1 fully saturated rings. The lowest BCUT2D eigenvalue weighted by Gasteiger charge is -2.25.